The predicted molar refractivity (Wildman–Crippen MR) is 58.6 cm³/mol. The molecule has 0 radical (unpaired) electrons. The second kappa shape index (κ2) is 3.94. The van der Waals surface area contributed by atoms with Crippen LogP contribution in [-0.4, -0.2) is 20.5 Å². The number of pyridine rings is 1. The molecular weight excluding hydrogens is 258 g/mol. The van der Waals surface area contributed by atoms with Crippen molar-refractivity contribution in [1.82, 2.24) is 14.8 Å². The van der Waals surface area contributed by atoms with Crippen LogP contribution < -0.4 is 0 Å². The number of carbonyl (C=O) groups excluding carboxylic acids is 1. The molecule has 0 spiro atoms. The minimum atomic E-state index is -0.0880. The van der Waals surface area contributed by atoms with Gasteiger partial charge in [-0.3, -0.25) is 14.5 Å². The molecule has 0 saturated heterocycles. The topological polar surface area (TPSA) is 47.8 Å². The number of aryl methyl sites for hydroxylation is 1. The molecule has 76 valence electrons. The Morgan fingerprint density at radius 2 is 2.27 bits per heavy atom. The van der Waals surface area contributed by atoms with Crippen LogP contribution in [0.1, 0.15) is 16.1 Å². The second-order valence-electron chi connectivity index (χ2n) is 3.04. The molecule has 0 amide bonds. The Morgan fingerprint density at radius 3 is 2.80 bits per heavy atom. The summed E-state index contributed by atoms with van der Waals surface area (Å²) >= 11 is 3.29. The van der Waals surface area contributed by atoms with Crippen LogP contribution in [0, 0.1) is 0 Å². The van der Waals surface area contributed by atoms with E-state index in [-0.39, 0.29) is 5.78 Å². The van der Waals surface area contributed by atoms with Gasteiger partial charge in [-0.15, -0.1) is 0 Å². The minimum Gasteiger partial charge on any atom is -0.287 e. The summed E-state index contributed by atoms with van der Waals surface area (Å²) in [5, 5.41) is 3.99. The van der Waals surface area contributed by atoms with Gasteiger partial charge in [-0.05, 0) is 28.1 Å². The maximum atomic E-state index is 12.0. The zero-order chi connectivity index (χ0) is 10.8. The summed E-state index contributed by atoms with van der Waals surface area (Å²) in [6.45, 7) is 0. The lowest BCUT2D eigenvalue weighted by Gasteiger charge is -2.01. The Labute approximate surface area is 95.1 Å². The maximum Gasteiger partial charge on any atom is 0.213 e. The van der Waals surface area contributed by atoms with Gasteiger partial charge in [-0.1, -0.05) is 0 Å². The molecular formula is C10H8BrN3O. The Bertz CT molecular complexity index is 473. The average Bonchev–Trinajstić information content (AvgIpc) is 2.59. The van der Waals surface area contributed by atoms with Crippen LogP contribution in [0.25, 0.3) is 0 Å². The molecule has 0 fully saturated rings. The van der Waals surface area contributed by atoms with Crippen molar-refractivity contribution in [3.8, 4) is 0 Å². The van der Waals surface area contributed by atoms with Crippen LogP contribution in [0.3, 0.4) is 0 Å². The normalized spacial score (nSPS) is 10.3. The van der Waals surface area contributed by atoms with Crippen LogP contribution in [-0.2, 0) is 7.05 Å². The SMILES string of the molecule is Cn1ncc(Br)c1C(=O)c1cccnc1. The second-order valence-corrected chi connectivity index (χ2v) is 3.89. The van der Waals surface area contributed by atoms with Gasteiger partial charge < -0.3 is 0 Å². The number of rotatable bonds is 2. The highest BCUT2D eigenvalue weighted by Gasteiger charge is 2.16. The fourth-order valence-electron chi connectivity index (χ4n) is 1.30. The molecule has 2 aromatic rings. The van der Waals surface area contributed by atoms with E-state index in [1.165, 1.54) is 0 Å². The van der Waals surface area contributed by atoms with Crippen LogP contribution >= 0.6 is 15.9 Å². The molecule has 2 aromatic heterocycles. The molecule has 15 heavy (non-hydrogen) atoms. The highest BCUT2D eigenvalue weighted by Crippen LogP contribution is 2.18. The van der Waals surface area contributed by atoms with E-state index in [9.17, 15) is 4.79 Å². The fraction of sp³-hybridized carbons (Fsp3) is 0.100. The number of nitrogens with zero attached hydrogens (tertiary/aromatic N) is 3. The Kier molecular flexibility index (Phi) is 2.64. The molecule has 0 atom stereocenters. The lowest BCUT2D eigenvalue weighted by atomic mass is 10.1. The number of hydrogen-bond acceptors (Lipinski definition) is 3. The maximum absolute atomic E-state index is 12.0. The van der Waals surface area contributed by atoms with E-state index in [1.54, 1.807) is 42.5 Å². The third kappa shape index (κ3) is 1.83. The van der Waals surface area contributed by atoms with Crippen LogP contribution in [0.4, 0.5) is 0 Å². The highest BCUT2D eigenvalue weighted by molar-refractivity contribution is 9.10. The molecule has 5 heteroatoms. The third-order valence-corrected chi connectivity index (χ3v) is 2.61. The molecule has 0 unspecified atom stereocenters. The van der Waals surface area contributed by atoms with Gasteiger partial charge in [0.2, 0.25) is 5.78 Å². The molecule has 0 aliphatic rings. The standard InChI is InChI=1S/C10H8BrN3O/c1-14-9(8(11)6-13-14)10(15)7-3-2-4-12-5-7/h2-6H,1H3. The van der Waals surface area contributed by atoms with Crippen molar-refractivity contribution in [2.75, 3.05) is 0 Å². The molecule has 2 heterocycles. The van der Waals surface area contributed by atoms with E-state index in [2.05, 4.69) is 26.0 Å². The summed E-state index contributed by atoms with van der Waals surface area (Å²) in [5.41, 5.74) is 1.09. The van der Waals surface area contributed by atoms with E-state index in [1.807, 2.05) is 0 Å². The number of ketones is 1. The summed E-state index contributed by atoms with van der Waals surface area (Å²) in [6, 6.07) is 3.46. The van der Waals surface area contributed by atoms with Crippen molar-refractivity contribution >= 4 is 21.7 Å². The minimum absolute atomic E-state index is 0.0880. The molecule has 0 N–H and O–H groups in total. The fourth-order valence-corrected chi connectivity index (χ4v) is 1.83. The number of halogens is 1. The molecule has 2 rings (SSSR count). The quantitative estimate of drug-likeness (QED) is 0.779. The monoisotopic (exact) mass is 265 g/mol. The van der Waals surface area contributed by atoms with Crippen LogP contribution in [0.15, 0.2) is 35.2 Å². The molecule has 0 bridgehead atoms. The first kappa shape index (κ1) is 10.0. The van der Waals surface area contributed by atoms with Gasteiger partial charge in [0.05, 0.1) is 10.7 Å². The molecule has 0 aromatic carbocycles. The van der Waals surface area contributed by atoms with Crippen LogP contribution in [0.5, 0.6) is 0 Å². The Morgan fingerprint density at radius 1 is 1.47 bits per heavy atom. The van der Waals surface area contributed by atoms with E-state index < -0.39 is 0 Å². The van der Waals surface area contributed by atoms with E-state index in [0.717, 1.165) is 0 Å². The van der Waals surface area contributed by atoms with Gasteiger partial charge in [0.1, 0.15) is 5.69 Å². The van der Waals surface area contributed by atoms with Gasteiger partial charge in [0.25, 0.3) is 0 Å². The van der Waals surface area contributed by atoms with Crippen LogP contribution in [0.2, 0.25) is 0 Å². The molecule has 0 aliphatic heterocycles. The van der Waals surface area contributed by atoms with Gasteiger partial charge >= 0.3 is 0 Å². The van der Waals surface area contributed by atoms with Crippen molar-refractivity contribution in [2.45, 2.75) is 0 Å². The summed E-state index contributed by atoms with van der Waals surface area (Å²) in [5.74, 6) is -0.0880. The molecule has 0 saturated carbocycles. The smallest absolute Gasteiger partial charge is 0.213 e. The first-order valence-electron chi connectivity index (χ1n) is 4.32. The largest absolute Gasteiger partial charge is 0.287 e. The van der Waals surface area contributed by atoms with Gasteiger partial charge in [0.15, 0.2) is 0 Å². The number of hydrogen-bond donors (Lipinski definition) is 0. The highest BCUT2D eigenvalue weighted by atomic mass is 79.9. The van der Waals surface area contributed by atoms with E-state index in [4.69, 9.17) is 0 Å². The van der Waals surface area contributed by atoms with Crippen molar-refractivity contribution in [1.29, 1.82) is 0 Å². The summed E-state index contributed by atoms with van der Waals surface area (Å²) < 4.78 is 2.23. The predicted octanol–water partition coefficient (Wildman–Crippen LogP) is 1.81. The van der Waals surface area contributed by atoms with E-state index >= 15 is 0 Å². The first-order chi connectivity index (χ1) is 7.20. The molecule has 4 nitrogen and oxygen atoms in total. The van der Waals surface area contributed by atoms with Gasteiger partial charge in [-0.25, -0.2) is 0 Å². The Hall–Kier alpha value is -1.49. The van der Waals surface area contributed by atoms with Gasteiger partial charge in [0, 0.05) is 25.0 Å². The van der Waals surface area contributed by atoms with Crippen molar-refractivity contribution < 1.29 is 4.79 Å². The summed E-state index contributed by atoms with van der Waals surface area (Å²) in [7, 11) is 1.73. The lowest BCUT2D eigenvalue weighted by molar-refractivity contribution is 0.102. The van der Waals surface area contributed by atoms with Gasteiger partial charge in [-0.2, -0.15) is 5.10 Å². The number of aromatic nitrogens is 3. The average molecular weight is 266 g/mol. The third-order valence-electron chi connectivity index (χ3n) is 2.03. The lowest BCUT2D eigenvalue weighted by Crippen LogP contribution is -2.09. The first-order valence-corrected chi connectivity index (χ1v) is 5.11. The van der Waals surface area contributed by atoms with Crippen molar-refractivity contribution in [3.63, 3.8) is 0 Å². The van der Waals surface area contributed by atoms with E-state index in [0.29, 0.717) is 15.7 Å². The number of carbonyl (C=O) groups is 1. The summed E-state index contributed by atoms with van der Waals surface area (Å²) in [6.07, 6.45) is 4.78. The zero-order valence-corrected chi connectivity index (χ0v) is 9.60. The van der Waals surface area contributed by atoms with Crippen molar-refractivity contribution in [3.05, 3.63) is 46.5 Å². The molecule has 0 aliphatic carbocycles. The Balaban J connectivity index is 2.46. The summed E-state index contributed by atoms with van der Waals surface area (Å²) in [4.78, 5) is 15.9. The van der Waals surface area contributed by atoms with Crippen molar-refractivity contribution in [2.24, 2.45) is 7.05 Å². The zero-order valence-electron chi connectivity index (χ0n) is 8.01.